The number of aryl methyl sites for hydroxylation is 2. The third kappa shape index (κ3) is 4.09. The molecule has 28 heavy (non-hydrogen) atoms. The Balaban J connectivity index is 1.90. The van der Waals surface area contributed by atoms with Gasteiger partial charge in [-0.05, 0) is 25.5 Å². The van der Waals surface area contributed by atoms with Gasteiger partial charge in [0.05, 0.1) is 21.3 Å². The molecule has 0 bridgehead atoms. The first-order valence-corrected chi connectivity index (χ1v) is 8.79. The monoisotopic (exact) mass is 380 g/mol. The van der Waals surface area contributed by atoms with Crippen LogP contribution < -0.4 is 24.8 Å². The average molecular weight is 380 g/mol. The molecular weight excluding hydrogens is 356 g/mol. The number of anilines is 4. The Kier molecular flexibility index (Phi) is 5.84. The summed E-state index contributed by atoms with van der Waals surface area (Å²) in [6.45, 7) is 4.01. The first-order valence-electron chi connectivity index (χ1n) is 8.79. The maximum absolute atomic E-state index is 5.39. The van der Waals surface area contributed by atoms with E-state index in [0.717, 1.165) is 28.3 Å². The van der Waals surface area contributed by atoms with Crippen LogP contribution in [0.2, 0.25) is 0 Å². The molecule has 2 aromatic carbocycles. The largest absolute Gasteiger partial charge is 0.493 e. The molecule has 0 unspecified atom stereocenters. The van der Waals surface area contributed by atoms with Crippen LogP contribution in [-0.2, 0) is 0 Å². The number of nitrogens with zero attached hydrogens (tertiary/aromatic N) is 2. The Morgan fingerprint density at radius 1 is 0.821 bits per heavy atom. The van der Waals surface area contributed by atoms with E-state index in [2.05, 4.69) is 20.6 Å². The lowest BCUT2D eigenvalue weighted by Gasteiger charge is -2.15. The normalized spacial score (nSPS) is 10.3. The van der Waals surface area contributed by atoms with Crippen LogP contribution in [-0.4, -0.2) is 31.3 Å². The number of aromatic nitrogens is 2. The van der Waals surface area contributed by atoms with Crippen molar-refractivity contribution in [3.05, 3.63) is 53.7 Å². The molecule has 1 heterocycles. The molecule has 0 fully saturated rings. The molecule has 0 aliphatic rings. The fraction of sp³-hybridized carbons (Fsp3) is 0.238. The Morgan fingerprint density at radius 3 is 2.11 bits per heavy atom. The van der Waals surface area contributed by atoms with E-state index in [4.69, 9.17) is 14.2 Å². The molecule has 0 saturated carbocycles. The van der Waals surface area contributed by atoms with Gasteiger partial charge >= 0.3 is 0 Å². The van der Waals surface area contributed by atoms with Crippen molar-refractivity contribution in [3.63, 3.8) is 0 Å². The van der Waals surface area contributed by atoms with Crippen LogP contribution in [0.3, 0.4) is 0 Å². The third-order valence-corrected chi connectivity index (χ3v) is 4.29. The molecule has 3 rings (SSSR count). The van der Waals surface area contributed by atoms with E-state index in [1.165, 1.54) is 0 Å². The molecule has 0 aliphatic heterocycles. The van der Waals surface area contributed by atoms with Crippen LogP contribution in [0.1, 0.15) is 11.1 Å². The molecule has 0 amide bonds. The first kappa shape index (κ1) is 19.3. The van der Waals surface area contributed by atoms with E-state index in [0.29, 0.717) is 23.2 Å². The number of methoxy groups -OCH3 is 3. The van der Waals surface area contributed by atoms with Gasteiger partial charge in [0.15, 0.2) is 11.5 Å². The number of hydrogen-bond donors (Lipinski definition) is 2. The zero-order valence-electron chi connectivity index (χ0n) is 16.7. The Hall–Kier alpha value is -3.48. The van der Waals surface area contributed by atoms with Crippen LogP contribution >= 0.6 is 0 Å². The SMILES string of the molecule is COc1cc(Nc2ncc(C)c(Nc3ccccc3C)n2)cc(OC)c1OC. The van der Waals surface area contributed by atoms with Gasteiger partial charge in [-0.15, -0.1) is 0 Å². The summed E-state index contributed by atoms with van der Waals surface area (Å²) in [4.78, 5) is 8.99. The second-order valence-electron chi connectivity index (χ2n) is 6.20. The van der Waals surface area contributed by atoms with Crippen molar-refractivity contribution in [1.29, 1.82) is 0 Å². The Bertz CT molecular complexity index is 951. The lowest BCUT2D eigenvalue weighted by atomic mass is 10.2. The van der Waals surface area contributed by atoms with Gasteiger partial charge in [-0.2, -0.15) is 4.98 Å². The van der Waals surface area contributed by atoms with Gasteiger partial charge in [0.25, 0.3) is 0 Å². The number of hydrogen-bond acceptors (Lipinski definition) is 7. The number of nitrogens with one attached hydrogen (secondary N) is 2. The molecule has 0 radical (unpaired) electrons. The van der Waals surface area contributed by atoms with Gasteiger partial charge in [-0.1, -0.05) is 18.2 Å². The molecule has 3 aromatic rings. The summed E-state index contributed by atoms with van der Waals surface area (Å²) in [5, 5.41) is 6.56. The highest BCUT2D eigenvalue weighted by atomic mass is 16.5. The van der Waals surface area contributed by atoms with Crippen LogP contribution in [0, 0.1) is 13.8 Å². The lowest BCUT2D eigenvalue weighted by molar-refractivity contribution is 0.324. The van der Waals surface area contributed by atoms with Crippen molar-refractivity contribution in [2.45, 2.75) is 13.8 Å². The smallest absolute Gasteiger partial charge is 0.229 e. The Labute approximate surface area is 164 Å². The van der Waals surface area contributed by atoms with E-state index in [-0.39, 0.29) is 0 Å². The molecule has 7 nitrogen and oxygen atoms in total. The number of rotatable bonds is 7. The highest BCUT2D eigenvalue weighted by molar-refractivity contribution is 5.67. The Morgan fingerprint density at radius 2 is 1.50 bits per heavy atom. The van der Waals surface area contributed by atoms with Crippen LogP contribution in [0.5, 0.6) is 17.2 Å². The fourth-order valence-corrected chi connectivity index (χ4v) is 2.75. The number of ether oxygens (including phenoxy) is 3. The predicted octanol–water partition coefficient (Wildman–Crippen LogP) is 4.61. The summed E-state index contributed by atoms with van der Waals surface area (Å²) in [6, 6.07) is 11.7. The molecule has 2 N–H and O–H groups in total. The number of para-hydroxylation sites is 1. The zero-order chi connectivity index (χ0) is 20.1. The predicted molar refractivity (Wildman–Crippen MR) is 111 cm³/mol. The van der Waals surface area contributed by atoms with Gasteiger partial charge < -0.3 is 24.8 Å². The van der Waals surface area contributed by atoms with Gasteiger partial charge in [-0.3, -0.25) is 0 Å². The van der Waals surface area contributed by atoms with Crippen molar-refractivity contribution < 1.29 is 14.2 Å². The summed E-state index contributed by atoms with van der Waals surface area (Å²) in [6.07, 6.45) is 1.77. The van der Waals surface area contributed by atoms with E-state index >= 15 is 0 Å². The maximum Gasteiger partial charge on any atom is 0.229 e. The first-order chi connectivity index (χ1) is 13.5. The second kappa shape index (κ2) is 8.47. The molecule has 0 saturated heterocycles. The van der Waals surface area contributed by atoms with E-state index in [1.54, 1.807) is 39.7 Å². The van der Waals surface area contributed by atoms with Crippen LogP contribution in [0.4, 0.5) is 23.1 Å². The minimum Gasteiger partial charge on any atom is -0.493 e. The molecule has 7 heteroatoms. The second-order valence-corrected chi connectivity index (χ2v) is 6.20. The van der Waals surface area contributed by atoms with Crippen molar-refractivity contribution in [3.8, 4) is 17.2 Å². The van der Waals surface area contributed by atoms with Gasteiger partial charge in [-0.25, -0.2) is 4.98 Å². The van der Waals surface area contributed by atoms with E-state index in [9.17, 15) is 0 Å². The summed E-state index contributed by atoms with van der Waals surface area (Å²) in [5.41, 5.74) is 3.81. The van der Waals surface area contributed by atoms with Crippen molar-refractivity contribution in [2.24, 2.45) is 0 Å². The third-order valence-electron chi connectivity index (χ3n) is 4.29. The van der Waals surface area contributed by atoms with Crippen molar-refractivity contribution in [2.75, 3.05) is 32.0 Å². The molecule has 0 atom stereocenters. The quantitative estimate of drug-likeness (QED) is 0.620. The van der Waals surface area contributed by atoms with E-state index < -0.39 is 0 Å². The van der Waals surface area contributed by atoms with Gasteiger partial charge in [0.2, 0.25) is 11.7 Å². The van der Waals surface area contributed by atoms with Gasteiger partial charge in [0.1, 0.15) is 5.82 Å². The van der Waals surface area contributed by atoms with E-state index in [1.807, 2.05) is 38.1 Å². The fourth-order valence-electron chi connectivity index (χ4n) is 2.75. The van der Waals surface area contributed by atoms with Crippen LogP contribution in [0.15, 0.2) is 42.6 Å². The molecule has 1 aromatic heterocycles. The summed E-state index contributed by atoms with van der Waals surface area (Å²) in [5.74, 6) is 2.82. The highest BCUT2D eigenvalue weighted by Gasteiger charge is 2.14. The average Bonchev–Trinajstić information content (AvgIpc) is 2.71. The lowest BCUT2D eigenvalue weighted by Crippen LogP contribution is -2.04. The molecule has 146 valence electrons. The minimum atomic E-state index is 0.455. The van der Waals surface area contributed by atoms with Gasteiger partial charge in [0, 0.05) is 35.3 Å². The molecule has 0 aliphatic carbocycles. The highest BCUT2D eigenvalue weighted by Crippen LogP contribution is 2.40. The molecular formula is C21H24N4O3. The van der Waals surface area contributed by atoms with Crippen LogP contribution in [0.25, 0.3) is 0 Å². The maximum atomic E-state index is 5.39. The zero-order valence-corrected chi connectivity index (χ0v) is 16.7. The number of benzene rings is 2. The summed E-state index contributed by atoms with van der Waals surface area (Å²) in [7, 11) is 4.72. The minimum absolute atomic E-state index is 0.455. The van der Waals surface area contributed by atoms with Crippen molar-refractivity contribution in [1.82, 2.24) is 9.97 Å². The molecule has 0 spiro atoms. The van der Waals surface area contributed by atoms with Crippen molar-refractivity contribution >= 4 is 23.1 Å². The summed E-state index contributed by atoms with van der Waals surface area (Å²) >= 11 is 0. The topological polar surface area (TPSA) is 77.5 Å². The summed E-state index contributed by atoms with van der Waals surface area (Å²) < 4.78 is 16.1. The standard InChI is InChI=1S/C21H24N4O3/c1-13-8-6-7-9-16(13)24-20-14(2)12-22-21(25-20)23-15-10-17(26-3)19(28-5)18(11-15)27-4/h6-12H,1-5H3,(H2,22,23,24,25).